The summed E-state index contributed by atoms with van der Waals surface area (Å²) in [5.74, 6) is 0.446. The molecule has 0 atom stereocenters. The van der Waals surface area contributed by atoms with Crippen LogP contribution in [-0.2, 0) is 4.84 Å². The quantitative estimate of drug-likeness (QED) is 0.212. The Morgan fingerprint density at radius 1 is 1.50 bits per heavy atom. The largest absolute Gasteiger partial charge is 0.390 e. The molecule has 0 aromatic heterocycles. The highest BCUT2D eigenvalue weighted by atomic mass is 16.6. The normalized spacial score (nSPS) is 10.9. The molecule has 0 saturated carbocycles. The maximum absolute atomic E-state index is 5.21. The summed E-state index contributed by atoms with van der Waals surface area (Å²) in [6, 6.07) is 0. The van der Waals surface area contributed by atoms with E-state index in [0.29, 0.717) is 12.4 Å². The fourth-order valence-electron chi connectivity index (χ4n) is 0.343. The number of nitrogens with zero attached hydrogens (tertiary/aromatic N) is 1. The molecule has 0 heterocycles. The van der Waals surface area contributed by atoms with Gasteiger partial charge < -0.3 is 10.6 Å². The second-order valence-corrected chi connectivity index (χ2v) is 2.31. The van der Waals surface area contributed by atoms with Gasteiger partial charge in [-0.25, -0.2) is 0 Å². The molecule has 0 fully saturated rings. The zero-order valence-corrected chi connectivity index (χ0v) is 6.72. The van der Waals surface area contributed by atoms with Gasteiger partial charge >= 0.3 is 0 Å². The van der Waals surface area contributed by atoms with Gasteiger partial charge in [0.25, 0.3) is 0 Å². The van der Waals surface area contributed by atoms with E-state index in [1.54, 1.807) is 6.92 Å². The van der Waals surface area contributed by atoms with E-state index in [1.807, 2.05) is 19.9 Å². The monoisotopic (exact) mass is 142 g/mol. The minimum absolute atomic E-state index is 0.446. The van der Waals surface area contributed by atoms with Gasteiger partial charge in [0.05, 0.1) is 0 Å². The van der Waals surface area contributed by atoms with Crippen molar-refractivity contribution in [2.45, 2.75) is 20.8 Å². The predicted octanol–water partition coefficient (Wildman–Crippen LogP) is 1.26. The van der Waals surface area contributed by atoms with Crippen LogP contribution in [0.15, 0.2) is 16.8 Å². The van der Waals surface area contributed by atoms with Crippen LogP contribution in [0.5, 0.6) is 0 Å². The Kier molecular flexibility index (Phi) is 4.37. The van der Waals surface area contributed by atoms with Crippen molar-refractivity contribution in [3.05, 3.63) is 11.6 Å². The topological polar surface area (TPSA) is 47.6 Å². The molecule has 0 bridgehead atoms. The molecule has 0 aromatic carbocycles. The second kappa shape index (κ2) is 4.85. The molecule has 0 rings (SSSR count). The van der Waals surface area contributed by atoms with Crippen molar-refractivity contribution in [2.75, 3.05) is 6.61 Å². The summed E-state index contributed by atoms with van der Waals surface area (Å²) >= 11 is 0. The molecule has 0 saturated heterocycles. The lowest BCUT2D eigenvalue weighted by molar-refractivity contribution is 0.173. The van der Waals surface area contributed by atoms with Gasteiger partial charge in [0.1, 0.15) is 12.4 Å². The van der Waals surface area contributed by atoms with Gasteiger partial charge in [0, 0.05) is 0 Å². The third-order valence-corrected chi connectivity index (χ3v) is 0.775. The average Bonchev–Trinajstić information content (AvgIpc) is 1.79. The Morgan fingerprint density at radius 3 is 2.50 bits per heavy atom. The molecule has 2 N–H and O–H groups in total. The maximum Gasteiger partial charge on any atom is 0.136 e. The van der Waals surface area contributed by atoms with Crippen LogP contribution in [0.25, 0.3) is 0 Å². The summed E-state index contributed by atoms with van der Waals surface area (Å²) in [5.41, 5.74) is 6.43. The van der Waals surface area contributed by atoms with Gasteiger partial charge in [0.15, 0.2) is 0 Å². The van der Waals surface area contributed by atoms with Crippen molar-refractivity contribution >= 4 is 5.84 Å². The maximum atomic E-state index is 5.21. The van der Waals surface area contributed by atoms with E-state index in [4.69, 9.17) is 10.6 Å². The Morgan fingerprint density at radius 2 is 2.10 bits per heavy atom. The summed E-state index contributed by atoms with van der Waals surface area (Å²) in [6.45, 7) is 6.18. The number of hydrogen-bond acceptors (Lipinski definition) is 2. The third kappa shape index (κ3) is 7.01. The number of nitrogens with two attached hydrogens (primary N) is 1. The fourth-order valence-corrected chi connectivity index (χ4v) is 0.343. The van der Waals surface area contributed by atoms with E-state index in [0.717, 1.165) is 0 Å². The Hall–Kier alpha value is -0.990. The first kappa shape index (κ1) is 9.01. The molecule has 3 heteroatoms. The SMILES string of the molecule is CC(C)=CCO/N=C(/C)N. The van der Waals surface area contributed by atoms with Crippen molar-refractivity contribution in [1.29, 1.82) is 0 Å². The van der Waals surface area contributed by atoms with Crippen LogP contribution in [0, 0.1) is 0 Å². The van der Waals surface area contributed by atoms with Crippen LogP contribution < -0.4 is 5.73 Å². The van der Waals surface area contributed by atoms with E-state index in [9.17, 15) is 0 Å². The van der Waals surface area contributed by atoms with E-state index in [2.05, 4.69) is 5.16 Å². The number of amidine groups is 1. The van der Waals surface area contributed by atoms with Crippen molar-refractivity contribution in [3.8, 4) is 0 Å². The molecule has 0 aliphatic rings. The van der Waals surface area contributed by atoms with Crippen LogP contribution in [0.4, 0.5) is 0 Å². The summed E-state index contributed by atoms with van der Waals surface area (Å²) in [4.78, 5) is 4.79. The van der Waals surface area contributed by atoms with E-state index in [-0.39, 0.29) is 0 Å². The Balaban J connectivity index is 3.39. The summed E-state index contributed by atoms with van der Waals surface area (Å²) in [6.07, 6.45) is 1.94. The van der Waals surface area contributed by atoms with Gasteiger partial charge in [-0.05, 0) is 26.8 Å². The highest BCUT2D eigenvalue weighted by molar-refractivity contribution is 5.76. The first-order valence-corrected chi connectivity index (χ1v) is 3.18. The van der Waals surface area contributed by atoms with E-state index < -0.39 is 0 Å². The van der Waals surface area contributed by atoms with Gasteiger partial charge in [0.2, 0.25) is 0 Å². The minimum Gasteiger partial charge on any atom is -0.390 e. The predicted molar refractivity (Wildman–Crippen MR) is 42.7 cm³/mol. The zero-order valence-electron chi connectivity index (χ0n) is 6.72. The second-order valence-electron chi connectivity index (χ2n) is 2.31. The zero-order chi connectivity index (χ0) is 7.98. The van der Waals surface area contributed by atoms with Gasteiger partial charge in [-0.2, -0.15) is 0 Å². The summed E-state index contributed by atoms with van der Waals surface area (Å²) < 4.78 is 0. The lowest BCUT2D eigenvalue weighted by atomic mass is 10.3. The average molecular weight is 142 g/mol. The number of oxime groups is 1. The van der Waals surface area contributed by atoms with Crippen LogP contribution in [0.3, 0.4) is 0 Å². The van der Waals surface area contributed by atoms with E-state index >= 15 is 0 Å². The molecule has 0 amide bonds. The van der Waals surface area contributed by atoms with Crippen molar-refractivity contribution in [2.24, 2.45) is 10.9 Å². The summed E-state index contributed by atoms with van der Waals surface area (Å²) in [5, 5.41) is 3.55. The number of rotatable bonds is 3. The van der Waals surface area contributed by atoms with Gasteiger partial charge in [-0.3, -0.25) is 0 Å². The van der Waals surface area contributed by atoms with Crippen LogP contribution in [-0.4, -0.2) is 12.4 Å². The van der Waals surface area contributed by atoms with Gasteiger partial charge in [-0.1, -0.05) is 10.7 Å². The van der Waals surface area contributed by atoms with Crippen LogP contribution in [0.1, 0.15) is 20.8 Å². The molecule has 0 aliphatic heterocycles. The highest BCUT2D eigenvalue weighted by Crippen LogP contribution is 1.88. The molecule has 10 heavy (non-hydrogen) atoms. The molecule has 0 spiro atoms. The molecule has 58 valence electrons. The third-order valence-electron chi connectivity index (χ3n) is 0.775. The molecule has 3 nitrogen and oxygen atoms in total. The molecule has 0 radical (unpaired) electrons. The molecule has 0 unspecified atom stereocenters. The van der Waals surface area contributed by atoms with Crippen LogP contribution in [0.2, 0.25) is 0 Å². The Labute approximate surface area is 61.5 Å². The van der Waals surface area contributed by atoms with Crippen LogP contribution >= 0.6 is 0 Å². The smallest absolute Gasteiger partial charge is 0.136 e. The molecule has 0 aromatic rings. The fraction of sp³-hybridized carbons (Fsp3) is 0.571. The minimum atomic E-state index is 0.446. The standard InChI is InChI=1S/C7H14N2O/c1-6(2)4-5-10-9-7(3)8/h4H,5H2,1-3H3,(H2,8,9). The van der Waals surface area contributed by atoms with Crippen molar-refractivity contribution in [1.82, 2.24) is 0 Å². The number of allylic oxidation sites excluding steroid dienone is 1. The highest BCUT2D eigenvalue weighted by Gasteiger charge is 1.79. The Bertz CT molecular complexity index is 124. The van der Waals surface area contributed by atoms with Gasteiger partial charge in [-0.15, -0.1) is 0 Å². The lowest BCUT2D eigenvalue weighted by Crippen LogP contribution is -2.05. The first-order valence-electron chi connectivity index (χ1n) is 3.18. The molecule has 0 aliphatic carbocycles. The molecular weight excluding hydrogens is 128 g/mol. The van der Waals surface area contributed by atoms with E-state index in [1.165, 1.54) is 5.57 Å². The number of hydrogen-bond donors (Lipinski definition) is 1. The van der Waals surface area contributed by atoms with Crippen molar-refractivity contribution in [3.63, 3.8) is 0 Å². The van der Waals surface area contributed by atoms with Crippen molar-refractivity contribution < 1.29 is 4.84 Å². The lowest BCUT2D eigenvalue weighted by Gasteiger charge is -1.93. The summed E-state index contributed by atoms with van der Waals surface area (Å²) in [7, 11) is 0. The first-order chi connectivity index (χ1) is 4.63. The molecular formula is C7H14N2O.